The number of aryl methyl sites for hydroxylation is 1. The second-order valence-electron chi connectivity index (χ2n) is 5.62. The highest BCUT2D eigenvalue weighted by Gasteiger charge is 2.28. The highest BCUT2D eigenvalue weighted by molar-refractivity contribution is 5.81. The van der Waals surface area contributed by atoms with E-state index in [1.165, 1.54) is 5.56 Å². The molecule has 1 saturated heterocycles. The van der Waals surface area contributed by atoms with Crippen molar-refractivity contribution in [1.29, 1.82) is 0 Å². The van der Waals surface area contributed by atoms with Gasteiger partial charge in [-0.05, 0) is 31.4 Å². The third kappa shape index (κ3) is 4.26. The van der Waals surface area contributed by atoms with Crippen molar-refractivity contribution >= 4 is 11.9 Å². The molecule has 1 fully saturated rings. The van der Waals surface area contributed by atoms with E-state index in [9.17, 15) is 4.79 Å². The average molecular weight is 306 g/mol. The molecule has 0 radical (unpaired) electrons. The summed E-state index contributed by atoms with van der Waals surface area (Å²) in [6.07, 6.45) is 5.98. The predicted octanol–water partition coefficient (Wildman–Crippen LogP) is 1.38. The molecular formula is C16H26N4O2. The number of ether oxygens (including phenoxy) is 1. The Morgan fingerprint density at radius 3 is 3.00 bits per heavy atom. The van der Waals surface area contributed by atoms with Gasteiger partial charge in [0.15, 0.2) is 5.96 Å². The Hall–Kier alpha value is -1.98. The number of esters is 1. The molecule has 2 heterocycles. The summed E-state index contributed by atoms with van der Waals surface area (Å²) >= 11 is 0. The standard InChI is InChI=1S/C16H26N4O2/c1-4-22-15(21)14-6-5-8-20(12-14)16(17-2)18-10-13-7-9-19(3)11-13/h7,9,11,14H,4-6,8,10,12H2,1-3H3,(H,17,18)/t14-/m1/s1. The summed E-state index contributed by atoms with van der Waals surface area (Å²) in [5.41, 5.74) is 1.21. The first-order valence-electron chi connectivity index (χ1n) is 7.87. The second kappa shape index (κ2) is 7.87. The van der Waals surface area contributed by atoms with E-state index in [1.54, 1.807) is 7.05 Å². The molecule has 0 aliphatic carbocycles. The van der Waals surface area contributed by atoms with Crippen LogP contribution in [0.1, 0.15) is 25.3 Å². The lowest BCUT2D eigenvalue weighted by Gasteiger charge is -2.33. The van der Waals surface area contributed by atoms with Gasteiger partial charge in [0.1, 0.15) is 0 Å². The van der Waals surface area contributed by atoms with Crippen LogP contribution in [-0.4, -0.2) is 48.1 Å². The highest BCUT2D eigenvalue weighted by atomic mass is 16.5. The average Bonchev–Trinajstić information content (AvgIpc) is 2.94. The Labute approximate surface area is 132 Å². The van der Waals surface area contributed by atoms with Crippen LogP contribution >= 0.6 is 0 Å². The van der Waals surface area contributed by atoms with E-state index in [1.807, 2.05) is 24.7 Å². The van der Waals surface area contributed by atoms with Crippen LogP contribution in [0, 0.1) is 5.92 Å². The van der Waals surface area contributed by atoms with E-state index in [0.717, 1.165) is 31.9 Å². The monoisotopic (exact) mass is 306 g/mol. The van der Waals surface area contributed by atoms with Gasteiger partial charge in [-0.25, -0.2) is 0 Å². The molecule has 1 aromatic rings. The first-order chi connectivity index (χ1) is 10.6. The minimum Gasteiger partial charge on any atom is -0.466 e. The van der Waals surface area contributed by atoms with Gasteiger partial charge in [-0.1, -0.05) is 0 Å². The molecule has 6 nitrogen and oxygen atoms in total. The van der Waals surface area contributed by atoms with E-state index in [2.05, 4.69) is 27.5 Å². The van der Waals surface area contributed by atoms with Crippen molar-refractivity contribution < 1.29 is 9.53 Å². The van der Waals surface area contributed by atoms with Crippen molar-refractivity contribution in [2.75, 3.05) is 26.7 Å². The van der Waals surface area contributed by atoms with Crippen molar-refractivity contribution in [2.45, 2.75) is 26.3 Å². The van der Waals surface area contributed by atoms with E-state index in [0.29, 0.717) is 13.2 Å². The molecule has 22 heavy (non-hydrogen) atoms. The third-order valence-electron chi connectivity index (χ3n) is 3.90. The maximum absolute atomic E-state index is 11.9. The van der Waals surface area contributed by atoms with Gasteiger partial charge in [0, 0.05) is 46.1 Å². The Bertz CT molecular complexity index is 524. The van der Waals surface area contributed by atoms with Gasteiger partial charge in [0.05, 0.1) is 12.5 Å². The molecule has 0 saturated carbocycles. The lowest BCUT2D eigenvalue weighted by molar-refractivity contribution is -0.149. The third-order valence-corrected chi connectivity index (χ3v) is 3.90. The highest BCUT2D eigenvalue weighted by Crippen LogP contribution is 2.18. The maximum atomic E-state index is 11.9. The van der Waals surface area contributed by atoms with Crippen LogP contribution in [0.2, 0.25) is 0 Å². The largest absolute Gasteiger partial charge is 0.466 e. The smallest absolute Gasteiger partial charge is 0.310 e. The number of likely N-dealkylation sites (tertiary alicyclic amines) is 1. The molecule has 1 aromatic heterocycles. The molecule has 0 bridgehead atoms. The second-order valence-corrected chi connectivity index (χ2v) is 5.62. The summed E-state index contributed by atoms with van der Waals surface area (Å²) < 4.78 is 7.17. The van der Waals surface area contributed by atoms with Crippen LogP contribution < -0.4 is 5.32 Å². The molecule has 0 spiro atoms. The maximum Gasteiger partial charge on any atom is 0.310 e. The van der Waals surface area contributed by atoms with Gasteiger partial charge < -0.3 is 19.5 Å². The Kier molecular flexibility index (Phi) is 5.86. The first-order valence-corrected chi connectivity index (χ1v) is 7.87. The normalized spacial score (nSPS) is 19.1. The van der Waals surface area contributed by atoms with Crippen molar-refractivity contribution in [3.8, 4) is 0 Å². The number of carbonyl (C=O) groups excluding carboxylic acids is 1. The summed E-state index contributed by atoms with van der Waals surface area (Å²) in [6.45, 7) is 4.61. The van der Waals surface area contributed by atoms with Crippen LogP contribution in [0.3, 0.4) is 0 Å². The summed E-state index contributed by atoms with van der Waals surface area (Å²) in [5, 5.41) is 3.37. The molecular weight excluding hydrogens is 280 g/mol. The number of hydrogen-bond donors (Lipinski definition) is 1. The van der Waals surface area contributed by atoms with Crippen LogP contribution in [0.4, 0.5) is 0 Å². The number of aliphatic imine (C=N–C) groups is 1. The fraction of sp³-hybridized carbons (Fsp3) is 0.625. The van der Waals surface area contributed by atoms with Gasteiger partial charge in [-0.2, -0.15) is 0 Å². The van der Waals surface area contributed by atoms with E-state index in [4.69, 9.17) is 4.74 Å². The molecule has 1 aliphatic heterocycles. The van der Waals surface area contributed by atoms with Crippen molar-refractivity contribution in [3.05, 3.63) is 24.0 Å². The lowest BCUT2D eigenvalue weighted by atomic mass is 9.98. The summed E-state index contributed by atoms with van der Waals surface area (Å²) in [5.74, 6) is 0.701. The quantitative estimate of drug-likeness (QED) is 0.519. The molecule has 6 heteroatoms. The molecule has 1 N–H and O–H groups in total. The number of piperidine rings is 1. The van der Waals surface area contributed by atoms with Crippen molar-refractivity contribution in [1.82, 2.24) is 14.8 Å². The number of rotatable bonds is 4. The van der Waals surface area contributed by atoms with E-state index < -0.39 is 0 Å². The minimum absolute atomic E-state index is 0.0519. The topological polar surface area (TPSA) is 58.9 Å². The molecule has 1 atom stereocenters. The number of carbonyl (C=O) groups is 1. The van der Waals surface area contributed by atoms with Crippen LogP contribution in [-0.2, 0) is 23.1 Å². The zero-order valence-electron chi connectivity index (χ0n) is 13.7. The fourth-order valence-electron chi connectivity index (χ4n) is 2.80. The number of nitrogens with zero attached hydrogens (tertiary/aromatic N) is 3. The first kappa shape index (κ1) is 16.4. The van der Waals surface area contributed by atoms with Crippen molar-refractivity contribution in [3.63, 3.8) is 0 Å². The molecule has 1 aliphatic rings. The molecule has 122 valence electrons. The number of aromatic nitrogens is 1. The van der Waals surface area contributed by atoms with E-state index in [-0.39, 0.29) is 11.9 Å². The van der Waals surface area contributed by atoms with Gasteiger partial charge in [-0.15, -0.1) is 0 Å². The number of hydrogen-bond acceptors (Lipinski definition) is 3. The fourth-order valence-corrected chi connectivity index (χ4v) is 2.80. The molecule has 0 aromatic carbocycles. The van der Waals surface area contributed by atoms with E-state index >= 15 is 0 Å². The van der Waals surface area contributed by atoms with Crippen LogP contribution in [0.5, 0.6) is 0 Å². The minimum atomic E-state index is -0.0919. The van der Waals surface area contributed by atoms with Gasteiger partial charge in [-0.3, -0.25) is 9.79 Å². The summed E-state index contributed by atoms with van der Waals surface area (Å²) in [4.78, 5) is 18.4. The summed E-state index contributed by atoms with van der Waals surface area (Å²) in [6, 6.07) is 2.08. The zero-order valence-corrected chi connectivity index (χ0v) is 13.7. The Morgan fingerprint density at radius 2 is 2.36 bits per heavy atom. The zero-order chi connectivity index (χ0) is 15.9. The molecule has 0 unspecified atom stereocenters. The number of nitrogens with one attached hydrogen (secondary N) is 1. The number of guanidine groups is 1. The molecule has 0 amide bonds. The summed E-state index contributed by atoms with van der Waals surface area (Å²) in [7, 11) is 3.79. The lowest BCUT2D eigenvalue weighted by Crippen LogP contribution is -2.48. The predicted molar refractivity (Wildman–Crippen MR) is 86.5 cm³/mol. The Balaban J connectivity index is 1.91. The molecule has 2 rings (SSSR count). The van der Waals surface area contributed by atoms with Crippen LogP contribution in [0.25, 0.3) is 0 Å². The van der Waals surface area contributed by atoms with Gasteiger partial charge in [0.2, 0.25) is 0 Å². The van der Waals surface area contributed by atoms with Crippen LogP contribution in [0.15, 0.2) is 23.5 Å². The van der Waals surface area contributed by atoms with Gasteiger partial charge >= 0.3 is 5.97 Å². The SMILES string of the molecule is CCOC(=O)[C@@H]1CCCN(C(=NC)NCc2ccn(C)c2)C1. The Morgan fingerprint density at radius 1 is 1.55 bits per heavy atom. The van der Waals surface area contributed by atoms with Crippen molar-refractivity contribution in [2.24, 2.45) is 18.0 Å². The van der Waals surface area contributed by atoms with Gasteiger partial charge in [0.25, 0.3) is 0 Å².